The Hall–Kier alpha value is -2.86. The van der Waals surface area contributed by atoms with Crippen LogP contribution in [0.5, 0.6) is 11.5 Å². The third kappa shape index (κ3) is 5.88. The van der Waals surface area contributed by atoms with Gasteiger partial charge < -0.3 is 19.1 Å². The van der Waals surface area contributed by atoms with Gasteiger partial charge in [0.1, 0.15) is 17.7 Å². The van der Waals surface area contributed by atoms with Gasteiger partial charge in [-0.1, -0.05) is 0 Å². The van der Waals surface area contributed by atoms with Gasteiger partial charge >= 0.3 is 16.3 Å². The molecule has 0 aliphatic carbocycles. The highest BCUT2D eigenvalue weighted by molar-refractivity contribution is 7.88. The number of hydrogen-bond donors (Lipinski definition) is 2. The molecule has 1 fully saturated rings. The number of carbonyl (C=O) groups excluding carboxylic acids is 1. The summed E-state index contributed by atoms with van der Waals surface area (Å²) in [5.41, 5.74) is -0.0742. The molecule has 176 valence electrons. The topological polar surface area (TPSA) is 132 Å². The van der Waals surface area contributed by atoms with E-state index < -0.39 is 21.9 Å². The predicted molar refractivity (Wildman–Crippen MR) is 119 cm³/mol. The lowest BCUT2D eigenvalue weighted by Gasteiger charge is -2.33. The number of amides is 1. The first-order chi connectivity index (χ1) is 15.0. The highest BCUT2D eigenvalue weighted by Crippen LogP contribution is 2.35. The van der Waals surface area contributed by atoms with Crippen LogP contribution in [0.4, 0.5) is 10.6 Å². The van der Waals surface area contributed by atoms with Crippen molar-refractivity contribution < 1.29 is 27.4 Å². The van der Waals surface area contributed by atoms with Gasteiger partial charge in [-0.25, -0.2) is 19.5 Å². The van der Waals surface area contributed by atoms with E-state index in [-0.39, 0.29) is 6.04 Å². The quantitative estimate of drug-likeness (QED) is 0.654. The second kappa shape index (κ2) is 9.33. The molecule has 3 rings (SSSR count). The zero-order valence-electron chi connectivity index (χ0n) is 18.8. The molecule has 1 amide bonds. The van der Waals surface area contributed by atoms with Gasteiger partial charge in [-0.05, 0) is 39.7 Å². The van der Waals surface area contributed by atoms with E-state index in [1.807, 2.05) is 10.8 Å². The molecule has 2 N–H and O–H groups in total. The standard InChI is InChI=1S/C20H29N5O6S/c1-20(2,3)31-19(26)24-32(27,28)23-13-6-8-25(9-7-13)18-14-10-16(29-4)17(30-5)11-15(14)21-12-22-18/h10-13,23H,6-9H2,1-5H3,(H,24,26). The number of anilines is 1. The molecule has 0 saturated carbocycles. The minimum absolute atomic E-state index is 0.325. The normalized spacial score (nSPS) is 15.5. The maximum atomic E-state index is 12.3. The Morgan fingerprint density at radius 2 is 1.72 bits per heavy atom. The fourth-order valence-corrected chi connectivity index (χ4v) is 4.48. The molecular weight excluding hydrogens is 438 g/mol. The van der Waals surface area contributed by atoms with Crippen molar-refractivity contribution in [1.82, 2.24) is 19.4 Å². The molecule has 0 spiro atoms. The molecule has 2 aromatic rings. The summed E-state index contributed by atoms with van der Waals surface area (Å²) in [4.78, 5) is 22.6. The monoisotopic (exact) mass is 467 g/mol. The zero-order valence-corrected chi connectivity index (χ0v) is 19.7. The Bertz CT molecular complexity index is 1080. The molecule has 1 aromatic carbocycles. The lowest BCUT2D eigenvalue weighted by molar-refractivity contribution is 0.0569. The van der Waals surface area contributed by atoms with Crippen molar-refractivity contribution in [3.8, 4) is 11.5 Å². The minimum atomic E-state index is -4.04. The highest BCUT2D eigenvalue weighted by atomic mass is 32.2. The fourth-order valence-electron chi connectivity index (χ4n) is 3.49. The molecule has 12 heteroatoms. The molecule has 1 aliphatic heterocycles. The lowest BCUT2D eigenvalue weighted by atomic mass is 10.1. The summed E-state index contributed by atoms with van der Waals surface area (Å²) >= 11 is 0. The van der Waals surface area contributed by atoms with Crippen LogP contribution in [0.25, 0.3) is 10.9 Å². The Kier molecular flexibility index (Phi) is 6.94. The zero-order chi connectivity index (χ0) is 23.5. The van der Waals surface area contributed by atoms with Crippen molar-refractivity contribution in [2.24, 2.45) is 0 Å². The Balaban J connectivity index is 1.67. The molecule has 1 saturated heterocycles. The number of nitrogens with zero attached hydrogens (tertiary/aromatic N) is 3. The summed E-state index contributed by atoms with van der Waals surface area (Å²) in [5.74, 6) is 1.89. The Morgan fingerprint density at radius 1 is 1.09 bits per heavy atom. The second-order valence-electron chi connectivity index (χ2n) is 8.41. The van der Waals surface area contributed by atoms with Crippen LogP contribution in [-0.2, 0) is 14.9 Å². The van der Waals surface area contributed by atoms with Gasteiger partial charge in [0.15, 0.2) is 11.5 Å². The fraction of sp³-hybridized carbons (Fsp3) is 0.550. The van der Waals surface area contributed by atoms with Crippen LogP contribution >= 0.6 is 0 Å². The van der Waals surface area contributed by atoms with E-state index in [1.165, 1.54) is 6.33 Å². The molecule has 0 bridgehead atoms. The molecule has 0 radical (unpaired) electrons. The van der Waals surface area contributed by atoms with Crippen LogP contribution < -0.4 is 23.8 Å². The molecule has 32 heavy (non-hydrogen) atoms. The minimum Gasteiger partial charge on any atom is -0.493 e. The van der Waals surface area contributed by atoms with Gasteiger partial charge in [-0.15, -0.1) is 0 Å². The number of fused-ring (bicyclic) bond motifs is 1. The van der Waals surface area contributed by atoms with Crippen molar-refractivity contribution in [3.63, 3.8) is 0 Å². The Labute approximate surface area is 187 Å². The highest BCUT2D eigenvalue weighted by Gasteiger charge is 2.27. The van der Waals surface area contributed by atoms with Crippen LogP contribution in [0.1, 0.15) is 33.6 Å². The largest absolute Gasteiger partial charge is 0.493 e. The van der Waals surface area contributed by atoms with Gasteiger partial charge in [-0.2, -0.15) is 13.1 Å². The van der Waals surface area contributed by atoms with E-state index in [9.17, 15) is 13.2 Å². The number of rotatable bonds is 6. The summed E-state index contributed by atoms with van der Waals surface area (Å²) in [7, 11) is -0.905. The van der Waals surface area contributed by atoms with Crippen molar-refractivity contribution in [3.05, 3.63) is 18.5 Å². The molecule has 11 nitrogen and oxygen atoms in total. The summed E-state index contributed by atoms with van der Waals surface area (Å²) in [5, 5.41) is 0.816. The average molecular weight is 468 g/mol. The summed E-state index contributed by atoms with van der Waals surface area (Å²) in [6, 6.07) is 3.31. The summed E-state index contributed by atoms with van der Waals surface area (Å²) in [6.45, 7) is 6.11. The van der Waals surface area contributed by atoms with E-state index in [2.05, 4.69) is 19.6 Å². The first-order valence-corrected chi connectivity index (χ1v) is 11.6. The lowest BCUT2D eigenvalue weighted by Crippen LogP contribution is -2.50. The van der Waals surface area contributed by atoms with Gasteiger partial charge in [-0.3, -0.25) is 0 Å². The van der Waals surface area contributed by atoms with Gasteiger partial charge in [0.05, 0.1) is 19.7 Å². The summed E-state index contributed by atoms with van der Waals surface area (Å²) < 4.78 is 44.7. The Morgan fingerprint density at radius 3 is 2.31 bits per heavy atom. The van der Waals surface area contributed by atoms with Crippen molar-refractivity contribution in [2.45, 2.75) is 45.3 Å². The average Bonchev–Trinajstić information content (AvgIpc) is 2.70. The second-order valence-corrected chi connectivity index (χ2v) is 9.85. The maximum Gasteiger partial charge on any atom is 0.422 e. The van der Waals surface area contributed by atoms with Gasteiger partial charge in [0, 0.05) is 30.6 Å². The molecule has 1 aliphatic rings. The van der Waals surface area contributed by atoms with Crippen LogP contribution in [0.2, 0.25) is 0 Å². The van der Waals surface area contributed by atoms with E-state index >= 15 is 0 Å². The van der Waals surface area contributed by atoms with Gasteiger partial charge in [0.2, 0.25) is 0 Å². The number of piperidine rings is 1. The molecule has 1 aromatic heterocycles. The number of aromatic nitrogens is 2. The van der Waals surface area contributed by atoms with Crippen molar-refractivity contribution in [2.75, 3.05) is 32.2 Å². The molecular formula is C20H29N5O6S. The van der Waals surface area contributed by atoms with Crippen LogP contribution in [0.15, 0.2) is 18.5 Å². The number of ether oxygens (including phenoxy) is 3. The number of hydrogen-bond acceptors (Lipinski definition) is 9. The first-order valence-electron chi connectivity index (χ1n) is 10.2. The maximum absolute atomic E-state index is 12.3. The molecule has 2 heterocycles. The third-order valence-corrected chi connectivity index (χ3v) is 5.93. The van der Waals surface area contributed by atoms with Crippen molar-refractivity contribution in [1.29, 1.82) is 0 Å². The number of methoxy groups -OCH3 is 2. The van der Waals surface area contributed by atoms with E-state index in [1.54, 1.807) is 41.1 Å². The van der Waals surface area contributed by atoms with E-state index in [0.717, 1.165) is 16.7 Å². The van der Waals surface area contributed by atoms with Crippen LogP contribution in [0, 0.1) is 0 Å². The number of carbonyl (C=O) groups is 1. The van der Waals surface area contributed by atoms with Gasteiger partial charge in [0.25, 0.3) is 0 Å². The smallest absolute Gasteiger partial charge is 0.422 e. The molecule has 0 unspecified atom stereocenters. The molecule has 0 atom stereocenters. The summed E-state index contributed by atoms with van der Waals surface area (Å²) in [6.07, 6.45) is 1.55. The predicted octanol–water partition coefficient (Wildman–Crippen LogP) is 1.97. The number of benzene rings is 1. The SMILES string of the molecule is COc1cc2ncnc(N3CCC(NS(=O)(=O)NC(=O)OC(C)(C)C)CC3)c2cc1OC. The number of nitrogens with one attached hydrogen (secondary N) is 2. The van der Waals surface area contributed by atoms with Crippen LogP contribution in [0.3, 0.4) is 0 Å². The van der Waals surface area contributed by atoms with Crippen LogP contribution in [-0.4, -0.2) is 63.4 Å². The van der Waals surface area contributed by atoms with E-state index in [4.69, 9.17) is 14.2 Å². The first kappa shape index (κ1) is 23.8. The third-order valence-electron chi connectivity index (χ3n) is 4.85. The van der Waals surface area contributed by atoms with Crippen molar-refractivity contribution >= 4 is 33.0 Å². The van der Waals surface area contributed by atoms with E-state index in [0.29, 0.717) is 37.4 Å².